The van der Waals surface area contributed by atoms with Gasteiger partial charge in [-0.2, -0.15) is 12.7 Å². The van der Waals surface area contributed by atoms with Gasteiger partial charge in [0.25, 0.3) is 10.2 Å². The molecule has 0 aliphatic carbocycles. The lowest BCUT2D eigenvalue weighted by Crippen LogP contribution is -2.42. The number of Topliss-reactive ketones (excluding diaryl/α,β-unsaturated/α-hetero) is 1. The molecule has 0 bridgehead atoms. The predicted octanol–water partition coefficient (Wildman–Crippen LogP) is -0.106. The summed E-state index contributed by atoms with van der Waals surface area (Å²) >= 11 is 0. The quantitative estimate of drug-likeness (QED) is 0.719. The third-order valence-electron chi connectivity index (χ3n) is 2.41. The van der Waals surface area contributed by atoms with E-state index in [2.05, 4.69) is 4.72 Å². The lowest BCUT2D eigenvalue weighted by molar-refractivity contribution is -0.117. The van der Waals surface area contributed by atoms with Crippen molar-refractivity contribution >= 4 is 16.0 Å². The van der Waals surface area contributed by atoms with Crippen molar-refractivity contribution in [3.8, 4) is 0 Å². The number of ketones is 1. The molecule has 5 nitrogen and oxygen atoms in total. The van der Waals surface area contributed by atoms with Crippen LogP contribution >= 0.6 is 0 Å². The summed E-state index contributed by atoms with van der Waals surface area (Å²) in [6.07, 6.45) is 1.93. The molecule has 1 N–H and O–H groups in total. The number of nitrogens with one attached hydrogen (secondary N) is 1. The van der Waals surface area contributed by atoms with Crippen molar-refractivity contribution in [3.05, 3.63) is 0 Å². The molecular weight excluding hydrogens is 204 g/mol. The van der Waals surface area contributed by atoms with Gasteiger partial charge >= 0.3 is 0 Å². The Morgan fingerprint density at radius 3 is 2.71 bits per heavy atom. The van der Waals surface area contributed by atoms with Crippen LogP contribution in [0.15, 0.2) is 0 Å². The highest BCUT2D eigenvalue weighted by Gasteiger charge is 2.33. The van der Waals surface area contributed by atoms with Crippen molar-refractivity contribution < 1.29 is 13.2 Å². The Kier molecular flexibility index (Phi) is 3.63. The first-order chi connectivity index (χ1) is 6.47. The second-order valence-electron chi connectivity index (χ2n) is 3.52. The van der Waals surface area contributed by atoms with E-state index in [9.17, 15) is 13.2 Å². The first-order valence-electron chi connectivity index (χ1n) is 4.67. The molecule has 1 saturated heterocycles. The standard InChI is InChI=1S/C8H16N2O3S/c1-7(11)6-8-4-3-5-10(8)14(12,13)9-2/h8-9H,3-6H2,1-2H3. The van der Waals surface area contributed by atoms with Crippen LogP contribution in [0.3, 0.4) is 0 Å². The molecule has 82 valence electrons. The molecule has 0 radical (unpaired) electrons. The number of nitrogens with zero attached hydrogens (tertiary/aromatic N) is 1. The summed E-state index contributed by atoms with van der Waals surface area (Å²) in [6.45, 7) is 2.00. The zero-order valence-electron chi connectivity index (χ0n) is 8.49. The minimum atomic E-state index is -3.36. The van der Waals surface area contributed by atoms with E-state index in [4.69, 9.17) is 0 Å². The van der Waals surface area contributed by atoms with E-state index in [1.165, 1.54) is 18.3 Å². The molecule has 0 aromatic carbocycles. The third-order valence-corrected chi connectivity index (χ3v) is 4.03. The largest absolute Gasteiger partial charge is 0.300 e. The van der Waals surface area contributed by atoms with Crippen LogP contribution in [-0.2, 0) is 15.0 Å². The predicted molar refractivity (Wildman–Crippen MR) is 53.0 cm³/mol. The average molecular weight is 220 g/mol. The van der Waals surface area contributed by atoms with E-state index in [-0.39, 0.29) is 11.8 Å². The zero-order valence-corrected chi connectivity index (χ0v) is 9.30. The van der Waals surface area contributed by atoms with Crippen molar-refractivity contribution in [2.75, 3.05) is 13.6 Å². The van der Waals surface area contributed by atoms with Crippen LogP contribution in [0.4, 0.5) is 0 Å². The zero-order chi connectivity index (χ0) is 10.8. The lowest BCUT2D eigenvalue weighted by Gasteiger charge is -2.22. The van der Waals surface area contributed by atoms with E-state index < -0.39 is 10.2 Å². The van der Waals surface area contributed by atoms with Gasteiger partial charge in [0.15, 0.2) is 0 Å². The minimum Gasteiger partial charge on any atom is -0.300 e. The van der Waals surface area contributed by atoms with Crippen LogP contribution in [0.25, 0.3) is 0 Å². The molecule has 1 aliphatic rings. The molecule has 0 aromatic heterocycles. The summed E-state index contributed by atoms with van der Waals surface area (Å²) in [6, 6.07) is -0.148. The summed E-state index contributed by atoms with van der Waals surface area (Å²) in [5.41, 5.74) is 0. The van der Waals surface area contributed by atoms with Crippen LogP contribution in [0, 0.1) is 0 Å². The van der Waals surface area contributed by atoms with Crippen molar-refractivity contribution in [3.63, 3.8) is 0 Å². The molecule has 6 heteroatoms. The van der Waals surface area contributed by atoms with Gasteiger partial charge in [0.1, 0.15) is 5.78 Å². The average Bonchev–Trinajstić information content (AvgIpc) is 2.52. The molecular formula is C8H16N2O3S. The highest BCUT2D eigenvalue weighted by Crippen LogP contribution is 2.22. The maximum atomic E-state index is 11.5. The topological polar surface area (TPSA) is 66.5 Å². The van der Waals surface area contributed by atoms with E-state index >= 15 is 0 Å². The fraction of sp³-hybridized carbons (Fsp3) is 0.875. The van der Waals surface area contributed by atoms with Gasteiger partial charge in [-0.1, -0.05) is 0 Å². The monoisotopic (exact) mass is 220 g/mol. The second kappa shape index (κ2) is 4.37. The first kappa shape index (κ1) is 11.6. The van der Waals surface area contributed by atoms with Gasteiger partial charge in [-0.25, -0.2) is 4.72 Å². The molecule has 0 spiro atoms. The van der Waals surface area contributed by atoms with Crippen LogP contribution in [0.5, 0.6) is 0 Å². The van der Waals surface area contributed by atoms with E-state index in [0.29, 0.717) is 13.0 Å². The summed E-state index contributed by atoms with van der Waals surface area (Å²) in [5, 5.41) is 0. The molecule has 1 fully saturated rings. The molecule has 1 rings (SSSR count). The third kappa shape index (κ3) is 2.52. The van der Waals surface area contributed by atoms with Gasteiger partial charge < -0.3 is 0 Å². The molecule has 1 aliphatic heterocycles. The van der Waals surface area contributed by atoms with Crippen LogP contribution in [0.2, 0.25) is 0 Å². The van der Waals surface area contributed by atoms with Crippen LogP contribution in [-0.4, -0.2) is 38.1 Å². The van der Waals surface area contributed by atoms with Gasteiger partial charge in [0.05, 0.1) is 0 Å². The highest BCUT2D eigenvalue weighted by molar-refractivity contribution is 7.87. The van der Waals surface area contributed by atoms with E-state index in [1.54, 1.807) is 0 Å². The van der Waals surface area contributed by atoms with Gasteiger partial charge in [0.2, 0.25) is 0 Å². The number of hydrogen-bond donors (Lipinski definition) is 1. The molecule has 0 aromatic rings. The number of hydrogen-bond acceptors (Lipinski definition) is 3. The van der Waals surface area contributed by atoms with E-state index in [0.717, 1.165) is 12.8 Å². The summed E-state index contributed by atoms with van der Waals surface area (Å²) in [7, 11) is -1.97. The van der Waals surface area contributed by atoms with Gasteiger partial charge in [-0.15, -0.1) is 0 Å². The lowest BCUT2D eigenvalue weighted by atomic mass is 10.1. The number of carbonyl (C=O) groups is 1. The summed E-state index contributed by atoms with van der Waals surface area (Å²) < 4.78 is 26.7. The summed E-state index contributed by atoms with van der Waals surface area (Å²) in [5.74, 6) is 0.0354. The first-order valence-corrected chi connectivity index (χ1v) is 6.11. The summed E-state index contributed by atoms with van der Waals surface area (Å²) in [4.78, 5) is 10.9. The smallest absolute Gasteiger partial charge is 0.279 e. The molecule has 1 heterocycles. The SMILES string of the molecule is CNS(=O)(=O)N1CCCC1CC(C)=O. The van der Waals surface area contributed by atoms with Crippen molar-refractivity contribution in [1.82, 2.24) is 9.03 Å². The fourth-order valence-corrected chi connectivity index (χ4v) is 2.96. The minimum absolute atomic E-state index is 0.0354. The maximum absolute atomic E-state index is 11.5. The maximum Gasteiger partial charge on any atom is 0.279 e. The Morgan fingerprint density at radius 2 is 2.21 bits per heavy atom. The van der Waals surface area contributed by atoms with Crippen LogP contribution < -0.4 is 4.72 Å². The van der Waals surface area contributed by atoms with Crippen molar-refractivity contribution in [2.24, 2.45) is 0 Å². The van der Waals surface area contributed by atoms with Crippen molar-refractivity contribution in [1.29, 1.82) is 0 Å². The highest BCUT2D eigenvalue weighted by atomic mass is 32.2. The Bertz CT molecular complexity index is 313. The Labute approximate surface area is 84.7 Å². The molecule has 14 heavy (non-hydrogen) atoms. The van der Waals surface area contributed by atoms with Crippen LogP contribution in [0.1, 0.15) is 26.2 Å². The van der Waals surface area contributed by atoms with Gasteiger partial charge in [0, 0.05) is 26.1 Å². The number of rotatable bonds is 4. The molecule has 1 atom stereocenters. The molecule has 1 unspecified atom stereocenters. The van der Waals surface area contributed by atoms with Crippen molar-refractivity contribution in [2.45, 2.75) is 32.2 Å². The molecule has 0 saturated carbocycles. The van der Waals surface area contributed by atoms with Gasteiger partial charge in [-0.05, 0) is 19.8 Å². The molecule has 0 amide bonds. The fourth-order valence-electron chi connectivity index (χ4n) is 1.78. The number of carbonyl (C=O) groups excluding carboxylic acids is 1. The Balaban J connectivity index is 2.74. The Hall–Kier alpha value is -0.460. The van der Waals surface area contributed by atoms with Gasteiger partial charge in [-0.3, -0.25) is 4.79 Å². The second-order valence-corrected chi connectivity index (χ2v) is 5.35. The van der Waals surface area contributed by atoms with E-state index in [1.807, 2.05) is 0 Å². The normalized spacial score (nSPS) is 24.0. The Morgan fingerprint density at radius 1 is 1.57 bits per heavy atom.